The average molecular weight is 531 g/mol. The van der Waals surface area contributed by atoms with Crippen molar-refractivity contribution in [3.05, 3.63) is 87.6 Å². The van der Waals surface area contributed by atoms with Gasteiger partial charge in [0.05, 0.1) is 16.6 Å². The van der Waals surface area contributed by atoms with Crippen LogP contribution < -0.4 is 9.47 Å². The van der Waals surface area contributed by atoms with Crippen LogP contribution in [-0.2, 0) is 0 Å². The van der Waals surface area contributed by atoms with E-state index >= 15 is 0 Å². The molecule has 1 aliphatic heterocycles. The molecule has 5 rings (SSSR count). The number of hydrogen-bond donors (Lipinski definition) is 0. The summed E-state index contributed by atoms with van der Waals surface area (Å²) < 4.78 is 61.9. The van der Waals surface area contributed by atoms with E-state index in [0.717, 1.165) is 12.0 Å². The Morgan fingerprint density at radius 2 is 1.68 bits per heavy atom. The molecule has 0 radical (unpaired) electrons. The second kappa shape index (κ2) is 10.8. The van der Waals surface area contributed by atoms with E-state index in [2.05, 4.69) is 4.74 Å². The van der Waals surface area contributed by atoms with E-state index in [4.69, 9.17) is 9.84 Å². The van der Waals surface area contributed by atoms with Crippen LogP contribution in [0, 0.1) is 5.92 Å². The monoisotopic (exact) mass is 530 g/mol. The van der Waals surface area contributed by atoms with Crippen LogP contribution in [0.5, 0.6) is 11.5 Å². The summed E-state index contributed by atoms with van der Waals surface area (Å²) in [6, 6.07) is 15.6. The lowest BCUT2D eigenvalue weighted by Gasteiger charge is -2.30. The van der Waals surface area contributed by atoms with E-state index in [-0.39, 0.29) is 23.3 Å². The minimum Gasteiger partial charge on any atom is -0.434 e. The predicted molar refractivity (Wildman–Crippen MR) is 132 cm³/mol. The van der Waals surface area contributed by atoms with Crippen LogP contribution in [0.4, 0.5) is 17.6 Å². The van der Waals surface area contributed by atoms with Crippen LogP contribution in [0.1, 0.15) is 46.1 Å². The third kappa shape index (κ3) is 5.24. The first-order valence-corrected chi connectivity index (χ1v) is 12.5. The zero-order valence-electron chi connectivity index (χ0n) is 19.4. The second-order valence-corrected chi connectivity index (χ2v) is 9.51. The Morgan fingerprint density at radius 1 is 0.973 bits per heavy atom. The summed E-state index contributed by atoms with van der Waals surface area (Å²) >= 11 is 1.26. The van der Waals surface area contributed by atoms with Gasteiger partial charge < -0.3 is 9.47 Å². The van der Waals surface area contributed by atoms with Gasteiger partial charge in [-0.2, -0.15) is 22.7 Å². The zero-order valence-corrected chi connectivity index (χ0v) is 20.2. The van der Waals surface area contributed by atoms with Gasteiger partial charge in [0.15, 0.2) is 0 Å². The summed E-state index contributed by atoms with van der Waals surface area (Å²) in [5.74, 6) is -0.636. The molecule has 1 aromatic heterocycles. The number of carbonyl (C=O) groups is 1. The molecule has 2 heterocycles. The summed E-state index contributed by atoms with van der Waals surface area (Å²) in [7, 11) is 0. The summed E-state index contributed by atoms with van der Waals surface area (Å²) in [6.45, 7) is -6.00. The summed E-state index contributed by atoms with van der Waals surface area (Å²) in [6.07, 6.45) is 3.76. The number of nitrogens with zero attached hydrogens (tertiary/aromatic N) is 2. The van der Waals surface area contributed by atoms with Crippen molar-refractivity contribution in [1.29, 1.82) is 0 Å². The van der Waals surface area contributed by atoms with Crippen molar-refractivity contribution in [2.24, 2.45) is 11.0 Å². The molecule has 1 saturated carbocycles. The molecule has 2 unspecified atom stereocenters. The third-order valence-electron chi connectivity index (χ3n) is 6.36. The topological polar surface area (TPSA) is 51.1 Å². The van der Waals surface area contributed by atoms with Crippen molar-refractivity contribution in [3.63, 3.8) is 0 Å². The molecule has 2 aromatic carbocycles. The van der Waals surface area contributed by atoms with Crippen molar-refractivity contribution in [3.8, 4) is 11.5 Å². The maximum Gasteiger partial charge on any atom is 0.387 e. The van der Waals surface area contributed by atoms with E-state index in [1.54, 1.807) is 60.0 Å². The van der Waals surface area contributed by atoms with Crippen LogP contribution >= 0.6 is 11.3 Å². The average Bonchev–Trinajstić information content (AvgIpc) is 3.54. The molecule has 0 saturated heterocycles. The van der Waals surface area contributed by atoms with Crippen LogP contribution in [0.25, 0.3) is 6.08 Å². The van der Waals surface area contributed by atoms with Gasteiger partial charge in [-0.05, 0) is 54.5 Å². The maximum atomic E-state index is 13.5. The molecule has 2 aliphatic rings. The SMILES string of the molecule is O=C(c1cccs1)N1N=C2/C(=C\c3ccccc3OC(F)F)CCCC2C1c1ccccc1OC(F)F. The Kier molecular flexibility index (Phi) is 7.27. The lowest BCUT2D eigenvalue weighted by molar-refractivity contribution is -0.0514. The molecule has 1 fully saturated rings. The number of thiophene rings is 1. The molecule has 2 atom stereocenters. The highest BCUT2D eigenvalue weighted by atomic mass is 32.1. The fourth-order valence-corrected chi connectivity index (χ4v) is 5.56. The van der Waals surface area contributed by atoms with Gasteiger partial charge in [0.1, 0.15) is 11.5 Å². The standard InChI is InChI=1S/C27H22F4N2O3S/c28-26(29)35-20-11-3-1-7-16(20)15-17-8-5-10-19-23(17)32-33(25(34)22-13-6-14-37-22)24(19)18-9-2-4-12-21(18)36-27(30)31/h1-4,6-7,9,11-15,19,24,26-27H,5,8,10H2/b17-15-. The molecule has 192 valence electrons. The Hall–Kier alpha value is -3.66. The number of alkyl halides is 4. The number of ether oxygens (including phenoxy) is 2. The number of hydrogen-bond acceptors (Lipinski definition) is 5. The molecule has 0 bridgehead atoms. The molecule has 3 aromatic rings. The molecule has 0 spiro atoms. The summed E-state index contributed by atoms with van der Waals surface area (Å²) in [5.41, 5.74) is 2.29. The van der Waals surface area contributed by atoms with Crippen LogP contribution in [0.2, 0.25) is 0 Å². The Bertz CT molecular complexity index is 1330. The van der Waals surface area contributed by atoms with Crippen molar-refractivity contribution in [2.45, 2.75) is 38.5 Å². The number of hydrazone groups is 1. The first-order chi connectivity index (χ1) is 17.9. The highest BCUT2D eigenvalue weighted by Crippen LogP contribution is 2.47. The Morgan fingerprint density at radius 3 is 2.41 bits per heavy atom. The van der Waals surface area contributed by atoms with E-state index in [0.29, 0.717) is 34.6 Å². The molecule has 1 aliphatic carbocycles. The zero-order chi connectivity index (χ0) is 25.9. The number of carbonyl (C=O) groups excluding carboxylic acids is 1. The Labute approximate surface area is 214 Å². The lowest BCUT2D eigenvalue weighted by Crippen LogP contribution is -2.32. The quantitative estimate of drug-likeness (QED) is 0.299. The molecule has 1 amide bonds. The molecule has 5 nitrogen and oxygen atoms in total. The molecule has 0 N–H and O–H groups in total. The normalized spacial score (nSPS) is 20.3. The highest BCUT2D eigenvalue weighted by Gasteiger charge is 2.45. The van der Waals surface area contributed by atoms with Crippen LogP contribution in [-0.4, -0.2) is 29.9 Å². The predicted octanol–water partition coefficient (Wildman–Crippen LogP) is 7.39. The fourth-order valence-electron chi connectivity index (χ4n) is 4.91. The number of amides is 1. The molecule has 37 heavy (non-hydrogen) atoms. The molecular weight excluding hydrogens is 508 g/mol. The highest BCUT2D eigenvalue weighted by molar-refractivity contribution is 7.12. The maximum absolute atomic E-state index is 13.5. The van der Waals surface area contributed by atoms with Crippen molar-refractivity contribution >= 4 is 29.0 Å². The van der Waals surface area contributed by atoms with E-state index in [9.17, 15) is 22.4 Å². The van der Waals surface area contributed by atoms with Crippen molar-refractivity contribution in [1.82, 2.24) is 5.01 Å². The third-order valence-corrected chi connectivity index (χ3v) is 7.22. The first-order valence-electron chi connectivity index (χ1n) is 11.7. The number of allylic oxidation sites excluding steroid dienone is 1. The smallest absolute Gasteiger partial charge is 0.387 e. The van der Waals surface area contributed by atoms with Crippen LogP contribution in [0.15, 0.2) is 76.7 Å². The van der Waals surface area contributed by atoms with Gasteiger partial charge in [0, 0.05) is 17.0 Å². The van der Waals surface area contributed by atoms with E-state index in [1.807, 2.05) is 0 Å². The van der Waals surface area contributed by atoms with Gasteiger partial charge in [-0.1, -0.05) is 42.5 Å². The van der Waals surface area contributed by atoms with Gasteiger partial charge in [-0.3, -0.25) is 4.79 Å². The largest absolute Gasteiger partial charge is 0.434 e. The van der Waals surface area contributed by atoms with Gasteiger partial charge in [-0.15, -0.1) is 11.3 Å². The second-order valence-electron chi connectivity index (χ2n) is 8.56. The van der Waals surface area contributed by atoms with Crippen molar-refractivity contribution < 1.29 is 31.8 Å². The number of rotatable bonds is 7. The fraction of sp³-hybridized carbons (Fsp3) is 0.259. The molecular formula is C27H22F4N2O3S. The summed E-state index contributed by atoms with van der Waals surface area (Å²) in [4.78, 5) is 14.0. The van der Waals surface area contributed by atoms with E-state index < -0.39 is 19.3 Å². The van der Waals surface area contributed by atoms with Crippen LogP contribution in [0.3, 0.4) is 0 Å². The number of halogens is 4. The first kappa shape index (κ1) is 25.0. The Balaban J connectivity index is 1.59. The van der Waals surface area contributed by atoms with Gasteiger partial charge in [0.25, 0.3) is 5.91 Å². The van der Waals surface area contributed by atoms with Gasteiger partial charge in [0.2, 0.25) is 0 Å². The minimum atomic E-state index is -3.03. The number of benzene rings is 2. The summed E-state index contributed by atoms with van der Waals surface area (Å²) in [5, 5.41) is 7.84. The van der Waals surface area contributed by atoms with Gasteiger partial charge >= 0.3 is 13.2 Å². The van der Waals surface area contributed by atoms with Gasteiger partial charge in [-0.25, -0.2) is 5.01 Å². The molecule has 10 heteroatoms. The number of fused-ring (bicyclic) bond motifs is 1. The number of para-hydroxylation sites is 2. The minimum absolute atomic E-state index is 0.0188. The van der Waals surface area contributed by atoms with Crippen molar-refractivity contribution in [2.75, 3.05) is 0 Å². The van der Waals surface area contributed by atoms with E-state index in [1.165, 1.54) is 28.5 Å². The lowest BCUT2D eigenvalue weighted by atomic mass is 9.77.